The Labute approximate surface area is 141 Å². The number of amides is 1. The Morgan fingerprint density at radius 1 is 1.42 bits per heavy atom. The van der Waals surface area contributed by atoms with Gasteiger partial charge in [-0.05, 0) is 31.4 Å². The molecule has 126 valence electrons. The first-order valence-electron chi connectivity index (χ1n) is 7.82. The van der Waals surface area contributed by atoms with Gasteiger partial charge >= 0.3 is 5.97 Å². The molecule has 0 saturated carbocycles. The Balaban J connectivity index is 1.82. The number of benzene rings is 1. The molecule has 24 heavy (non-hydrogen) atoms. The molecule has 1 aliphatic rings. The van der Waals surface area contributed by atoms with Crippen molar-refractivity contribution >= 4 is 18.0 Å². The zero-order valence-electron chi connectivity index (χ0n) is 13.6. The van der Waals surface area contributed by atoms with Crippen molar-refractivity contribution in [3.8, 4) is 6.07 Å². The first-order valence-corrected chi connectivity index (χ1v) is 7.82. The van der Waals surface area contributed by atoms with Crippen LogP contribution < -0.4 is 5.32 Å². The molecule has 6 nitrogen and oxygen atoms in total. The lowest BCUT2D eigenvalue weighted by atomic mass is 10.1. The Morgan fingerprint density at radius 2 is 2.17 bits per heavy atom. The molecular formula is C18H20N2O4. The molecular weight excluding hydrogens is 308 g/mol. The lowest BCUT2D eigenvalue weighted by Crippen LogP contribution is -2.34. The minimum absolute atomic E-state index is 0.0285. The molecule has 2 rings (SSSR count). The van der Waals surface area contributed by atoms with Crippen molar-refractivity contribution in [1.29, 1.82) is 5.26 Å². The Kier molecular flexibility index (Phi) is 6.52. The number of rotatable bonds is 6. The molecule has 1 saturated heterocycles. The summed E-state index contributed by atoms with van der Waals surface area (Å²) in [5.41, 5.74) is 1.65. The molecule has 1 atom stereocenters. The number of ether oxygens (including phenoxy) is 2. The minimum Gasteiger partial charge on any atom is -0.451 e. The molecule has 1 fully saturated rings. The molecule has 0 aromatic heterocycles. The van der Waals surface area contributed by atoms with Gasteiger partial charge in [-0.15, -0.1) is 0 Å². The number of nitriles is 1. The second-order valence-corrected chi connectivity index (χ2v) is 5.60. The average Bonchev–Trinajstić information content (AvgIpc) is 3.11. The summed E-state index contributed by atoms with van der Waals surface area (Å²) < 4.78 is 10.3. The molecule has 1 aliphatic heterocycles. The van der Waals surface area contributed by atoms with E-state index >= 15 is 0 Å². The van der Waals surface area contributed by atoms with Crippen molar-refractivity contribution in [3.63, 3.8) is 0 Å². The SMILES string of the molecule is Cc1ccc(/C=C(\C#N)C(=O)OCC(=O)NC[C@H]2CCCO2)cc1. The normalized spacial score (nSPS) is 17.2. The molecule has 1 aromatic carbocycles. The van der Waals surface area contributed by atoms with Crippen molar-refractivity contribution in [3.05, 3.63) is 41.0 Å². The number of aryl methyl sites for hydroxylation is 1. The average molecular weight is 328 g/mol. The van der Waals surface area contributed by atoms with Crippen LogP contribution in [0.2, 0.25) is 0 Å². The van der Waals surface area contributed by atoms with Crippen molar-refractivity contribution in [1.82, 2.24) is 5.32 Å². The van der Waals surface area contributed by atoms with Crippen LogP contribution >= 0.6 is 0 Å². The third kappa shape index (κ3) is 5.52. The monoisotopic (exact) mass is 328 g/mol. The number of nitrogens with zero attached hydrogens (tertiary/aromatic N) is 1. The van der Waals surface area contributed by atoms with Crippen LogP contribution in [0, 0.1) is 18.3 Å². The van der Waals surface area contributed by atoms with Gasteiger partial charge in [-0.1, -0.05) is 29.8 Å². The molecule has 0 radical (unpaired) electrons. The highest BCUT2D eigenvalue weighted by atomic mass is 16.5. The molecule has 1 amide bonds. The van der Waals surface area contributed by atoms with Gasteiger partial charge < -0.3 is 14.8 Å². The first kappa shape index (κ1) is 17.7. The molecule has 0 aliphatic carbocycles. The van der Waals surface area contributed by atoms with Crippen LogP contribution in [0.15, 0.2) is 29.8 Å². The van der Waals surface area contributed by atoms with Gasteiger partial charge in [0, 0.05) is 13.2 Å². The Morgan fingerprint density at radius 3 is 2.79 bits per heavy atom. The molecule has 0 unspecified atom stereocenters. The third-order valence-electron chi connectivity index (χ3n) is 3.61. The number of carbonyl (C=O) groups is 2. The van der Waals surface area contributed by atoms with Crippen LogP contribution in [-0.4, -0.2) is 37.7 Å². The van der Waals surface area contributed by atoms with Crippen LogP contribution in [0.3, 0.4) is 0 Å². The number of esters is 1. The highest BCUT2D eigenvalue weighted by Crippen LogP contribution is 2.11. The fourth-order valence-electron chi connectivity index (χ4n) is 2.26. The smallest absolute Gasteiger partial charge is 0.349 e. The fourth-order valence-corrected chi connectivity index (χ4v) is 2.26. The second-order valence-electron chi connectivity index (χ2n) is 5.60. The minimum atomic E-state index is -0.814. The van der Waals surface area contributed by atoms with E-state index in [9.17, 15) is 9.59 Å². The Hall–Kier alpha value is -2.65. The van der Waals surface area contributed by atoms with Gasteiger partial charge in [0.05, 0.1) is 6.10 Å². The molecule has 6 heteroatoms. The zero-order chi connectivity index (χ0) is 17.4. The van der Waals surface area contributed by atoms with E-state index in [0.29, 0.717) is 13.2 Å². The number of hydrogen-bond acceptors (Lipinski definition) is 5. The second kappa shape index (κ2) is 8.85. The van der Waals surface area contributed by atoms with Gasteiger partial charge in [0.1, 0.15) is 11.6 Å². The summed E-state index contributed by atoms with van der Waals surface area (Å²) in [5.74, 6) is -1.23. The summed E-state index contributed by atoms with van der Waals surface area (Å²) in [6.07, 6.45) is 3.37. The summed E-state index contributed by atoms with van der Waals surface area (Å²) in [6.45, 7) is 2.65. The van der Waals surface area contributed by atoms with E-state index in [1.807, 2.05) is 19.1 Å². The third-order valence-corrected chi connectivity index (χ3v) is 3.61. The van der Waals surface area contributed by atoms with E-state index in [0.717, 1.165) is 24.0 Å². The van der Waals surface area contributed by atoms with Gasteiger partial charge in [-0.25, -0.2) is 4.79 Å². The largest absolute Gasteiger partial charge is 0.451 e. The standard InChI is InChI=1S/C18H20N2O4/c1-13-4-6-14(7-5-13)9-15(10-19)18(22)24-12-17(21)20-11-16-3-2-8-23-16/h4-7,9,16H,2-3,8,11-12H2,1H3,(H,20,21)/b15-9+/t16-/m1/s1. The van der Waals surface area contributed by atoms with Crippen molar-refractivity contribution < 1.29 is 19.1 Å². The van der Waals surface area contributed by atoms with E-state index in [1.54, 1.807) is 18.2 Å². The zero-order valence-corrected chi connectivity index (χ0v) is 13.6. The van der Waals surface area contributed by atoms with Crippen molar-refractivity contribution in [2.24, 2.45) is 0 Å². The number of carbonyl (C=O) groups excluding carboxylic acids is 2. The van der Waals surface area contributed by atoms with E-state index in [4.69, 9.17) is 14.7 Å². The highest BCUT2D eigenvalue weighted by molar-refractivity contribution is 5.98. The molecule has 1 heterocycles. The number of hydrogen-bond donors (Lipinski definition) is 1. The topological polar surface area (TPSA) is 88.4 Å². The first-order chi connectivity index (χ1) is 11.6. The summed E-state index contributed by atoms with van der Waals surface area (Å²) in [7, 11) is 0. The van der Waals surface area contributed by atoms with Gasteiger partial charge in [-0.3, -0.25) is 4.79 Å². The van der Waals surface area contributed by atoms with Crippen LogP contribution in [0.1, 0.15) is 24.0 Å². The lowest BCUT2D eigenvalue weighted by molar-refractivity contribution is -0.144. The molecule has 0 bridgehead atoms. The Bertz CT molecular complexity index is 653. The maximum Gasteiger partial charge on any atom is 0.349 e. The van der Waals surface area contributed by atoms with Gasteiger partial charge in [0.2, 0.25) is 0 Å². The van der Waals surface area contributed by atoms with Gasteiger partial charge in [0.15, 0.2) is 6.61 Å². The fraction of sp³-hybridized carbons (Fsp3) is 0.389. The molecule has 1 aromatic rings. The van der Waals surface area contributed by atoms with Gasteiger partial charge in [-0.2, -0.15) is 5.26 Å². The summed E-state index contributed by atoms with van der Waals surface area (Å²) >= 11 is 0. The quantitative estimate of drug-likeness (QED) is 0.488. The van der Waals surface area contributed by atoms with E-state index in [-0.39, 0.29) is 11.7 Å². The predicted octanol–water partition coefficient (Wildman–Crippen LogP) is 1.74. The van der Waals surface area contributed by atoms with E-state index in [1.165, 1.54) is 6.08 Å². The van der Waals surface area contributed by atoms with Crippen LogP contribution in [0.4, 0.5) is 0 Å². The van der Waals surface area contributed by atoms with E-state index < -0.39 is 18.5 Å². The van der Waals surface area contributed by atoms with Crippen molar-refractivity contribution in [2.75, 3.05) is 19.8 Å². The van der Waals surface area contributed by atoms with Crippen LogP contribution in [0.25, 0.3) is 6.08 Å². The molecule has 0 spiro atoms. The maximum atomic E-state index is 11.9. The lowest BCUT2D eigenvalue weighted by Gasteiger charge is -2.10. The molecule has 1 N–H and O–H groups in total. The summed E-state index contributed by atoms with van der Waals surface area (Å²) in [5, 5.41) is 11.7. The predicted molar refractivity (Wildman–Crippen MR) is 87.7 cm³/mol. The van der Waals surface area contributed by atoms with Crippen LogP contribution in [0.5, 0.6) is 0 Å². The maximum absolute atomic E-state index is 11.9. The highest BCUT2D eigenvalue weighted by Gasteiger charge is 2.17. The summed E-state index contributed by atoms with van der Waals surface area (Å²) in [4.78, 5) is 23.6. The number of nitrogens with one attached hydrogen (secondary N) is 1. The van der Waals surface area contributed by atoms with Gasteiger partial charge in [0.25, 0.3) is 5.91 Å². The summed E-state index contributed by atoms with van der Waals surface area (Å²) in [6, 6.07) is 9.16. The van der Waals surface area contributed by atoms with E-state index in [2.05, 4.69) is 5.32 Å². The van der Waals surface area contributed by atoms with Crippen molar-refractivity contribution in [2.45, 2.75) is 25.9 Å². The van der Waals surface area contributed by atoms with Crippen LogP contribution in [-0.2, 0) is 19.1 Å².